The normalized spacial score (nSPS) is 27.2. The van der Waals surface area contributed by atoms with Crippen LogP contribution in [-0.2, 0) is 18.9 Å². The maximum Gasteiger partial charge on any atom is 0.224 e. The Bertz CT molecular complexity index is 1250. The predicted octanol–water partition coefficient (Wildman–Crippen LogP) is 6.83. The van der Waals surface area contributed by atoms with Crippen molar-refractivity contribution >= 4 is 37.1 Å². The van der Waals surface area contributed by atoms with Crippen LogP contribution in [0.15, 0.2) is 121 Å². The third-order valence-electron chi connectivity index (χ3n) is 9.15. The molecule has 4 unspecified atom stereocenters. The van der Waals surface area contributed by atoms with Gasteiger partial charge >= 0.3 is 0 Å². The highest BCUT2D eigenvalue weighted by Gasteiger charge is 2.63. The molecule has 0 aliphatic carbocycles. The molecule has 0 aromatic heterocycles. The lowest BCUT2D eigenvalue weighted by molar-refractivity contribution is -0.476. The standard InChI is InChI=1S/C38H42O4P2/c1-5-17-31(18-6-1)43(32-19-7-2-8-20-32)29-35-36(30-44(33-21-9-3-10-22-33)34-23-11-4-12-24-34)42-38(26-14-16-28-40-38)37(41-35)25-13-15-27-39-37/h1-12,17-24,35-36H,13-16,25-30H2. The summed E-state index contributed by atoms with van der Waals surface area (Å²) in [5, 5.41) is 5.43. The molecule has 228 valence electrons. The molecular weight excluding hydrogens is 582 g/mol. The Kier molecular flexibility index (Phi) is 9.57. The van der Waals surface area contributed by atoms with Crippen molar-refractivity contribution in [2.24, 2.45) is 0 Å². The molecule has 2 spiro atoms. The fourth-order valence-electron chi connectivity index (χ4n) is 6.97. The van der Waals surface area contributed by atoms with E-state index in [1.54, 1.807) is 0 Å². The first-order valence-corrected chi connectivity index (χ1v) is 19.2. The van der Waals surface area contributed by atoms with Gasteiger partial charge in [0.2, 0.25) is 11.6 Å². The van der Waals surface area contributed by atoms with Crippen LogP contribution in [0.3, 0.4) is 0 Å². The van der Waals surface area contributed by atoms with Crippen LogP contribution in [0.2, 0.25) is 0 Å². The van der Waals surface area contributed by atoms with Crippen LogP contribution < -0.4 is 21.2 Å². The van der Waals surface area contributed by atoms with E-state index in [0.29, 0.717) is 13.2 Å². The van der Waals surface area contributed by atoms with Gasteiger partial charge in [0.05, 0.1) is 25.4 Å². The van der Waals surface area contributed by atoms with E-state index in [1.165, 1.54) is 21.2 Å². The van der Waals surface area contributed by atoms with Crippen molar-refractivity contribution in [3.63, 3.8) is 0 Å². The number of fused-ring (bicyclic) bond motifs is 1. The van der Waals surface area contributed by atoms with Crippen molar-refractivity contribution < 1.29 is 18.9 Å². The van der Waals surface area contributed by atoms with E-state index in [2.05, 4.69) is 121 Å². The summed E-state index contributed by atoms with van der Waals surface area (Å²) in [4.78, 5) is 0. The van der Waals surface area contributed by atoms with Gasteiger partial charge in [-0.1, -0.05) is 121 Å². The SMILES string of the molecule is c1ccc(P(CC2OC3(CCCCO3)C3(CCCCO3)OC2CP(c2ccccc2)c2ccccc2)c2ccccc2)cc1. The summed E-state index contributed by atoms with van der Waals surface area (Å²) in [6.07, 6.45) is 7.24. The molecule has 4 aromatic rings. The molecule has 3 heterocycles. The topological polar surface area (TPSA) is 36.9 Å². The van der Waals surface area contributed by atoms with Gasteiger partial charge in [0.1, 0.15) is 0 Å². The minimum atomic E-state index is -0.872. The van der Waals surface area contributed by atoms with Gasteiger partial charge in [-0.2, -0.15) is 0 Å². The lowest BCUT2D eigenvalue weighted by Crippen LogP contribution is -2.70. The summed E-state index contributed by atoms with van der Waals surface area (Å²) < 4.78 is 28.2. The molecule has 0 radical (unpaired) electrons. The van der Waals surface area contributed by atoms with Gasteiger partial charge in [-0.25, -0.2) is 0 Å². The highest BCUT2D eigenvalue weighted by Crippen LogP contribution is 2.52. The molecule has 0 amide bonds. The number of ether oxygens (including phenoxy) is 4. The van der Waals surface area contributed by atoms with Crippen LogP contribution in [0.5, 0.6) is 0 Å². The monoisotopic (exact) mass is 624 g/mol. The Labute approximate surface area is 264 Å². The second-order valence-corrected chi connectivity index (χ2v) is 16.5. The molecule has 0 N–H and O–H groups in total. The highest BCUT2D eigenvalue weighted by molar-refractivity contribution is 7.73. The second-order valence-electron chi connectivity index (χ2n) is 12.0. The van der Waals surface area contributed by atoms with Gasteiger partial charge in [-0.15, -0.1) is 0 Å². The van der Waals surface area contributed by atoms with Crippen LogP contribution in [0, 0.1) is 0 Å². The first kappa shape index (κ1) is 30.2. The average Bonchev–Trinajstić information content (AvgIpc) is 3.10. The summed E-state index contributed by atoms with van der Waals surface area (Å²) in [7, 11) is -1.39. The van der Waals surface area contributed by atoms with Gasteiger partial charge in [0, 0.05) is 25.2 Å². The molecule has 0 saturated carbocycles. The average molecular weight is 625 g/mol. The maximum atomic E-state index is 7.42. The van der Waals surface area contributed by atoms with E-state index in [9.17, 15) is 0 Å². The van der Waals surface area contributed by atoms with E-state index in [4.69, 9.17) is 18.9 Å². The van der Waals surface area contributed by atoms with E-state index >= 15 is 0 Å². The van der Waals surface area contributed by atoms with Crippen LogP contribution in [0.1, 0.15) is 38.5 Å². The Morgan fingerprint density at radius 3 is 1.05 bits per heavy atom. The largest absolute Gasteiger partial charge is 0.345 e. The van der Waals surface area contributed by atoms with Crippen molar-refractivity contribution in [3.05, 3.63) is 121 Å². The summed E-state index contributed by atoms with van der Waals surface area (Å²) in [5.74, 6) is -1.74. The lowest BCUT2D eigenvalue weighted by Gasteiger charge is -2.58. The minimum absolute atomic E-state index is 0.145. The molecule has 44 heavy (non-hydrogen) atoms. The Morgan fingerprint density at radius 1 is 0.455 bits per heavy atom. The molecule has 3 aliphatic rings. The molecular formula is C38H42O4P2. The first-order chi connectivity index (χ1) is 21.8. The Hall–Kier alpha value is -2.42. The Balaban J connectivity index is 1.30. The number of benzene rings is 4. The molecule has 7 rings (SSSR count). The van der Waals surface area contributed by atoms with Crippen LogP contribution >= 0.6 is 15.8 Å². The van der Waals surface area contributed by atoms with Crippen LogP contribution in [-0.4, -0.2) is 49.3 Å². The smallest absolute Gasteiger partial charge is 0.224 e. The predicted molar refractivity (Wildman–Crippen MR) is 183 cm³/mol. The lowest BCUT2D eigenvalue weighted by atomic mass is 9.88. The number of rotatable bonds is 8. The third kappa shape index (κ3) is 6.32. The molecule has 4 atom stereocenters. The Morgan fingerprint density at radius 2 is 0.773 bits per heavy atom. The maximum absolute atomic E-state index is 7.42. The van der Waals surface area contributed by atoms with E-state index in [0.717, 1.165) is 50.8 Å². The minimum Gasteiger partial charge on any atom is -0.345 e. The van der Waals surface area contributed by atoms with E-state index in [1.807, 2.05) is 0 Å². The molecule has 4 aromatic carbocycles. The number of hydrogen-bond acceptors (Lipinski definition) is 4. The summed E-state index contributed by atoms with van der Waals surface area (Å²) in [6.45, 7) is 1.36. The van der Waals surface area contributed by atoms with Gasteiger partial charge < -0.3 is 18.9 Å². The molecule has 0 bridgehead atoms. The molecule has 6 heteroatoms. The zero-order valence-electron chi connectivity index (χ0n) is 25.3. The molecule has 3 saturated heterocycles. The molecule has 3 aliphatic heterocycles. The third-order valence-corrected chi connectivity index (χ3v) is 14.3. The first-order valence-electron chi connectivity index (χ1n) is 16.1. The quantitative estimate of drug-likeness (QED) is 0.202. The van der Waals surface area contributed by atoms with Gasteiger partial charge in [0.15, 0.2) is 0 Å². The van der Waals surface area contributed by atoms with Crippen molar-refractivity contribution in [1.29, 1.82) is 0 Å². The molecule has 3 fully saturated rings. The van der Waals surface area contributed by atoms with Crippen LogP contribution in [0.25, 0.3) is 0 Å². The van der Waals surface area contributed by atoms with Gasteiger partial charge in [0.25, 0.3) is 0 Å². The van der Waals surface area contributed by atoms with Gasteiger partial charge in [-0.05, 0) is 62.7 Å². The number of hydrogen-bond donors (Lipinski definition) is 0. The zero-order chi connectivity index (χ0) is 29.7. The van der Waals surface area contributed by atoms with Crippen LogP contribution in [0.4, 0.5) is 0 Å². The van der Waals surface area contributed by atoms with E-state index < -0.39 is 27.4 Å². The van der Waals surface area contributed by atoms with Gasteiger partial charge in [-0.3, -0.25) is 0 Å². The van der Waals surface area contributed by atoms with Crippen molar-refractivity contribution in [1.82, 2.24) is 0 Å². The zero-order valence-corrected chi connectivity index (χ0v) is 27.1. The van der Waals surface area contributed by atoms with Crippen molar-refractivity contribution in [3.8, 4) is 0 Å². The highest BCUT2D eigenvalue weighted by atomic mass is 31.1. The summed E-state index contributed by atoms with van der Waals surface area (Å²) >= 11 is 0. The summed E-state index contributed by atoms with van der Waals surface area (Å²) in [6, 6.07) is 43.9. The molecule has 4 nitrogen and oxygen atoms in total. The summed E-state index contributed by atoms with van der Waals surface area (Å²) in [5.41, 5.74) is 0. The fraction of sp³-hybridized carbons (Fsp3) is 0.368. The fourth-order valence-corrected chi connectivity index (χ4v) is 11.9. The van der Waals surface area contributed by atoms with E-state index in [-0.39, 0.29) is 12.2 Å². The van der Waals surface area contributed by atoms with Crippen molar-refractivity contribution in [2.45, 2.75) is 62.3 Å². The van der Waals surface area contributed by atoms with Crippen molar-refractivity contribution in [2.75, 3.05) is 25.5 Å². The second kappa shape index (κ2) is 13.9.